The van der Waals surface area contributed by atoms with Gasteiger partial charge in [-0.1, -0.05) is 25.7 Å². The average Bonchev–Trinajstić information content (AvgIpc) is 2.67. The molecule has 0 aromatic heterocycles. The van der Waals surface area contributed by atoms with E-state index in [0.29, 0.717) is 17.7 Å². The number of halogens is 1. The molecule has 112 valence electrons. The van der Waals surface area contributed by atoms with Crippen molar-refractivity contribution < 1.29 is 4.79 Å². The van der Waals surface area contributed by atoms with Gasteiger partial charge in [0.15, 0.2) is 0 Å². The second-order valence-electron chi connectivity index (χ2n) is 6.06. The Bertz CT molecular complexity index is 263. The van der Waals surface area contributed by atoms with Gasteiger partial charge in [0.25, 0.3) is 0 Å². The average molecular weight is 289 g/mol. The molecule has 1 aliphatic carbocycles. The summed E-state index contributed by atoms with van der Waals surface area (Å²) < 4.78 is 0. The van der Waals surface area contributed by atoms with Crippen LogP contribution >= 0.6 is 12.4 Å². The van der Waals surface area contributed by atoms with Crippen molar-refractivity contribution in [1.29, 1.82) is 0 Å². The number of hydrogen-bond acceptors (Lipinski definition) is 2. The highest BCUT2D eigenvalue weighted by molar-refractivity contribution is 5.85. The van der Waals surface area contributed by atoms with Gasteiger partial charge in [0.05, 0.1) is 0 Å². The van der Waals surface area contributed by atoms with Gasteiger partial charge in [-0.2, -0.15) is 0 Å². The second-order valence-corrected chi connectivity index (χ2v) is 6.06. The number of nitrogens with two attached hydrogens (primary N) is 1. The first-order chi connectivity index (χ1) is 8.81. The summed E-state index contributed by atoms with van der Waals surface area (Å²) in [7, 11) is 0. The molecule has 2 fully saturated rings. The molecular weight excluding hydrogens is 260 g/mol. The van der Waals surface area contributed by atoms with E-state index in [1.54, 1.807) is 0 Å². The monoisotopic (exact) mass is 288 g/mol. The Labute approximate surface area is 123 Å². The van der Waals surface area contributed by atoms with Crippen LogP contribution in [-0.2, 0) is 4.79 Å². The number of carbonyl (C=O) groups is 1. The first-order valence-corrected chi connectivity index (χ1v) is 7.80. The van der Waals surface area contributed by atoms with Crippen molar-refractivity contribution in [2.24, 2.45) is 17.6 Å². The normalized spacial score (nSPS) is 25.5. The lowest BCUT2D eigenvalue weighted by Crippen LogP contribution is -2.43. The lowest BCUT2D eigenvalue weighted by Gasteiger charge is -2.35. The molecule has 0 aromatic carbocycles. The van der Waals surface area contributed by atoms with Crippen LogP contribution in [0, 0.1) is 11.8 Å². The van der Waals surface area contributed by atoms with Gasteiger partial charge in [-0.3, -0.25) is 4.79 Å². The van der Waals surface area contributed by atoms with E-state index in [-0.39, 0.29) is 12.4 Å². The van der Waals surface area contributed by atoms with Crippen molar-refractivity contribution in [3.05, 3.63) is 0 Å². The SMILES string of the molecule is Cl.NCCC1CCCN(C(=O)C2CCCCCC2)C1. The molecule has 1 unspecified atom stereocenters. The van der Waals surface area contributed by atoms with Crippen molar-refractivity contribution >= 4 is 18.3 Å². The van der Waals surface area contributed by atoms with Crippen molar-refractivity contribution in [2.75, 3.05) is 19.6 Å². The number of nitrogens with zero attached hydrogens (tertiary/aromatic N) is 1. The Morgan fingerprint density at radius 2 is 1.74 bits per heavy atom. The number of rotatable bonds is 3. The van der Waals surface area contributed by atoms with Crippen LogP contribution in [-0.4, -0.2) is 30.4 Å². The van der Waals surface area contributed by atoms with Gasteiger partial charge in [-0.15, -0.1) is 12.4 Å². The fourth-order valence-corrected chi connectivity index (χ4v) is 3.52. The Kier molecular flexibility index (Phi) is 7.77. The zero-order chi connectivity index (χ0) is 12.8. The van der Waals surface area contributed by atoms with Crippen LogP contribution in [0.5, 0.6) is 0 Å². The largest absolute Gasteiger partial charge is 0.342 e. The molecule has 2 rings (SSSR count). The van der Waals surface area contributed by atoms with E-state index in [2.05, 4.69) is 4.90 Å². The fourth-order valence-electron chi connectivity index (χ4n) is 3.52. The predicted octanol–water partition coefficient (Wildman–Crippen LogP) is 2.97. The molecule has 3 nitrogen and oxygen atoms in total. The van der Waals surface area contributed by atoms with E-state index in [0.717, 1.165) is 38.9 Å². The highest BCUT2D eigenvalue weighted by atomic mass is 35.5. The van der Waals surface area contributed by atoms with Gasteiger partial charge in [0, 0.05) is 19.0 Å². The molecule has 1 atom stereocenters. The summed E-state index contributed by atoms with van der Waals surface area (Å²) in [6.07, 6.45) is 10.9. The topological polar surface area (TPSA) is 46.3 Å². The minimum absolute atomic E-state index is 0. The zero-order valence-electron chi connectivity index (χ0n) is 12.0. The number of amides is 1. The van der Waals surface area contributed by atoms with Gasteiger partial charge >= 0.3 is 0 Å². The van der Waals surface area contributed by atoms with Crippen molar-refractivity contribution in [3.8, 4) is 0 Å². The molecule has 0 radical (unpaired) electrons. The van der Waals surface area contributed by atoms with Crippen LogP contribution in [0.25, 0.3) is 0 Å². The van der Waals surface area contributed by atoms with Crippen molar-refractivity contribution in [1.82, 2.24) is 4.90 Å². The predicted molar refractivity (Wildman–Crippen MR) is 81.4 cm³/mol. The number of hydrogen-bond donors (Lipinski definition) is 1. The third-order valence-electron chi connectivity index (χ3n) is 4.61. The van der Waals surface area contributed by atoms with Crippen LogP contribution < -0.4 is 5.73 Å². The molecule has 1 amide bonds. The summed E-state index contributed by atoms with van der Waals surface area (Å²) in [5, 5.41) is 0. The molecule has 0 aromatic rings. The molecule has 1 saturated carbocycles. The number of piperidine rings is 1. The van der Waals surface area contributed by atoms with Crippen LogP contribution in [0.2, 0.25) is 0 Å². The lowest BCUT2D eigenvalue weighted by atomic mass is 9.92. The van der Waals surface area contributed by atoms with Gasteiger partial charge < -0.3 is 10.6 Å². The quantitative estimate of drug-likeness (QED) is 0.812. The fraction of sp³-hybridized carbons (Fsp3) is 0.933. The minimum Gasteiger partial charge on any atom is -0.342 e. The van der Waals surface area contributed by atoms with Crippen LogP contribution in [0.4, 0.5) is 0 Å². The lowest BCUT2D eigenvalue weighted by molar-refractivity contribution is -0.137. The summed E-state index contributed by atoms with van der Waals surface area (Å²) in [6, 6.07) is 0. The standard InChI is InChI=1S/C15H28N2O.ClH/c16-10-9-13-6-5-11-17(12-13)15(18)14-7-3-1-2-4-8-14;/h13-14H,1-12,16H2;1H. The highest BCUT2D eigenvalue weighted by Gasteiger charge is 2.28. The van der Waals surface area contributed by atoms with Crippen molar-refractivity contribution in [3.63, 3.8) is 0 Å². The number of carbonyl (C=O) groups excluding carboxylic acids is 1. The Hall–Kier alpha value is -0.280. The van der Waals surface area contributed by atoms with E-state index in [1.165, 1.54) is 38.5 Å². The summed E-state index contributed by atoms with van der Waals surface area (Å²) in [4.78, 5) is 14.7. The van der Waals surface area contributed by atoms with E-state index < -0.39 is 0 Å². The Balaban J connectivity index is 0.00000180. The van der Waals surface area contributed by atoms with Crippen LogP contribution in [0.1, 0.15) is 57.8 Å². The maximum Gasteiger partial charge on any atom is 0.225 e. The molecule has 2 N–H and O–H groups in total. The summed E-state index contributed by atoms with van der Waals surface area (Å²) in [5.74, 6) is 1.42. The molecule has 0 bridgehead atoms. The molecule has 2 aliphatic rings. The number of likely N-dealkylation sites (tertiary alicyclic amines) is 1. The third kappa shape index (κ3) is 4.96. The van der Waals surface area contributed by atoms with Crippen LogP contribution in [0.3, 0.4) is 0 Å². The van der Waals surface area contributed by atoms with Gasteiger partial charge in [-0.25, -0.2) is 0 Å². The zero-order valence-corrected chi connectivity index (χ0v) is 12.8. The van der Waals surface area contributed by atoms with E-state index in [4.69, 9.17) is 5.73 Å². The highest BCUT2D eigenvalue weighted by Crippen LogP contribution is 2.27. The minimum atomic E-state index is 0. The van der Waals surface area contributed by atoms with E-state index >= 15 is 0 Å². The molecule has 0 spiro atoms. The summed E-state index contributed by atoms with van der Waals surface area (Å²) >= 11 is 0. The molecule has 19 heavy (non-hydrogen) atoms. The van der Waals surface area contributed by atoms with Crippen LogP contribution in [0.15, 0.2) is 0 Å². The Morgan fingerprint density at radius 3 is 2.37 bits per heavy atom. The molecular formula is C15H29ClN2O. The maximum atomic E-state index is 12.6. The second kappa shape index (κ2) is 8.80. The van der Waals surface area contributed by atoms with E-state index in [1.807, 2.05) is 0 Å². The van der Waals surface area contributed by atoms with Gasteiger partial charge in [-0.05, 0) is 44.6 Å². The summed E-state index contributed by atoms with van der Waals surface area (Å²) in [6.45, 7) is 2.71. The van der Waals surface area contributed by atoms with Crippen molar-refractivity contribution in [2.45, 2.75) is 57.8 Å². The first kappa shape index (κ1) is 16.8. The summed E-state index contributed by atoms with van der Waals surface area (Å²) in [5.41, 5.74) is 5.64. The molecule has 1 heterocycles. The maximum absolute atomic E-state index is 12.6. The molecule has 4 heteroatoms. The van der Waals surface area contributed by atoms with Gasteiger partial charge in [0.2, 0.25) is 5.91 Å². The van der Waals surface area contributed by atoms with Gasteiger partial charge in [0.1, 0.15) is 0 Å². The third-order valence-corrected chi connectivity index (χ3v) is 4.61. The Morgan fingerprint density at radius 1 is 1.05 bits per heavy atom. The first-order valence-electron chi connectivity index (χ1n) is 7.80. The smallest absolute Gasteiger partial charge is 0.225 e. The molecule has 1 aliphatic heterocycles. The molecule has 1 saturated heterocycles. The van der Waals surface area contributed by atoms with E-state index in [9.17, 15) is 4.79 Å².